The van der Waals surface area contributed by atoms with Gasteiger partial charge in [0.05, 0.1) is 0 Å². The summed E-state index contributed by atoms with van der Waals surface area (Å²) in [5.41, 5.74) is 13.0. The smallest absolute Gasteiger partial charge is 0.0467 e. The highest BCUT2D eigenvalue weighted by molar-refractivity contribution is 6.15. The zero-order valence-electron chi connectivity index (χ0n) is 32.5. The molecule has 1 nitrogen and oxygen atoms in total. The Morgan fingerprint density at radius 1 is 0.203 bits per heavy atom. The largest absolute Gasteiger partial charge is 0.310 e. The first-order valence-electron chi connectivity index (χ1n) is 20.3. The average Bonchev–Trinajstić information content (AvgIpc) is 3.32. The maximum absolute atomic E-state index is 2.38. The molecular formula is C58H39N. The molecule has 0 saturated heterocycles. The van der Waals surface area contributed by atoms with Gasteiger partial charge in [0.25, 0.3) is 0 Å². The van der Waals surface area contributed by atoms with E-state index >= 15 is 0 Å². The molecule has 0 aromatic heterocycles. The molecule has 59 heavy (non-hydrogen) atoms. The van der Waals surface area contributed by atoms with Crippen molar-refractivity contribution in [3.05, 3.63) is 237 Å². The minimum atomic E-state index is 1.09. The van der Waals surface area contributed by atoms with E-state index in [2.05, 4.69) is 241 Å². The topological polar surface area (TPSA) is 3.24 Å². The van der Waals surface area contributed by atoms with Gasteiger partial charge in [0.1, 0.15) is 0 Å². The fourth-order valence-electron chi connectivity index (χ4n) is 9.02. The minimum absolute atomic E-state index is 1.09. The predicted molar refractivity (Wildman–Crippen MR) is 253 cm³/mol. The quantitative estimate of drug-likeness (QED) is 0.147. The molecule has 0 aliphatic rings. The van der Waals surface area contributed by atoms with Crippen LogP contribution in [-0.2, 0) is 0 Å². The summed E-state index contributed by atoms with van der Waals surface area (Å²) in [5, 5.41) is 10.1. The first-order chi connectivity index (χ1) is 29.3. The first-order valence-corrected chi connectivity index (χ1v) is 20.3. The number of benzene rings is 11. The number of anilines is 3. The van der Waals surface area contributed by atoms with Gasteiger partial charge in [-0.25, -0.2) is 0 Å². The number of rotatable bonds is 7. The van der Waals surface area contributed by atoms with E-state index in [-0.39, 0.29) is 0 Å². The lowest BCUT2D eigenvalue weighted by molar-refractivity contribution is 1.28. The molecule has 0 atom stereocenters. The van der Waals surface area contributed by atoms with Crippen molar-refractivity contribution < 1.29 is 0 Å². The van der Waals surface area contributed by atoms with Crippen molar-refractivity contribution in [2.24, 2.45) is 0 Å². The molecule has 11 rings (SSSR count). The molecular weight excluding hydrogens is 711 g/mol. The maximum Gasteiger partial charge on any atom is 0.0467 e. The van der Waals surface area contributed by atoms with E-state index in [4.69, 9.17) is 0 Å². The van der Waals surface area contributed by atoms with Gasteiger partial charge in [-0.3, -0.25) is 0 Å². The van der Waals surface area contributed by atoms with Crippen LogP contribution in [0.3, 0.4) is 0 Å². The van der Waals surface area contributed by atoms with E-state index in [9.17, 15) is 0 Å². The Labute approximate surface area is 344 Å². The summed E-state index contributed by atoms with van der Waals surface area (Å²) in [6, 6.07) is 86.2. The molecule has 0 spiro atoms. The normalized spacial score (nSPS) is 11.4. The maximum atomic E-state index is 2.38. The summed E-state index contributed by atoms with van der Waals surface area (Å²) in [6.45, 7) is 0. The van der Waals surface area contributed by atoms with Crippen molar-refractivity contribution in [1.82, 2.24) is 0 Å². The number of hydrogen-bond donors (Lipinski definition) is 0. The third-order valence-corrected chi connectivity index (χ3v) is 11.8. The van der Waals surface area contributed by atoms with Crippen LogP contribution < -0.4 is 4.90 Å². The van der Waals surface area contributed by atoms with Crippen LogP contribution in [0, 0.1) is 0 Å². The molecule has 0 saturated carbocycles. The molecule has 0 N–H and O–H groups in total. The monoisotopic (exact) mass is 749 g/mol. The van der Waals surface area contributed by atoms with E-state index in [0.29, 0.717) is 0 Å². The lowest BCUT2D eigenvalue weighted by Gasteiger charge is -2.26. The fourth-order valence-corrected chi connectivity index (χ4v) is 9.02. The third kappa shape index (κ3) is 6.21. The zero-order chi connectivity index (χ0) is 39.1. The Hall–Kier alpha value is -7.74. The van der Waals surface area contributed by atoms with Gasteiger partial charge >= 0.3 is 0 Å². The van der Waals surface area contributed by atoms with Gasteiger partial charge in [-0.1, -0.05) is 188 Å². The van der Waals surface area contributed by atoms with Crippen molar-refractivity contribution in [3.8, 4) is 44.5 Å². The van der Waals surface area contributed by atoms with Crippen molar-refractivity contribution in [2.45, 2.75) is 0 Å². The van der Waals surface area contributed by atoms with Gasteiger partial charge in [0, 0.05) is 17.1 Å². The lowest BCUT2D eigenvalue weighted by atomic mass is 9.89. The summed E-state index contributed by atoms with van der Waals surface area (Å²) in [7, 11) is 0. The number of hydrogen-bond acceptors (Lipinski definition) is 1. The standard InChI is InChI=1S/C58H39N/c1-2-15-40(16-3-1)43-19-14-20-48(37-43)59(47-35-31-42(32-36-47)57-38-44-17-4-6-22-50(44)52-24-10-12-27-55(52)57)46-33-29-41(30-34-46)49-21-8-9-26-54(49)58-39-45-18-5-7-23-51(45)53-25-11-13-28-56(53)58/h1-39H. The fraction of sp³-hybridized carbons (Fsp3) is 0. The van der Waals surface area contributed by atoms with E-state index < -0.39 is 0 Å². The second kappa shape index (κ2) is 14.6. The van der Waals surface area contributed by atoms with E-state index in [1.54, 1.807) is 0 Å². The van der Waals surface area contributed by atoms with Crippen LogP contribution >= 0.6 is 0 Å². The van der Waals surface area contributed by atoms with Crippen molar-refractivity contribution >= 4 is 60.2 Å². The Bertz CT molecular complexity index is 3310. The third-order valence-electron chi connectivity index (χ3n) is 11.8. The molecule has 0 amide bonds. The van der Waals surface area contributed by atoms with Crippen molar-refractivity contribution in [3.63, 3.8) is 0 Å². The van der Waals surface area contributed by atoms with Gasteiger partial charge in [-0.15, -0.1) is 0 Å². The lowest BCUT2D eigenvalue weighted by Crippen LogP contribution is -2.10. The van der Waals surface area contributed by atoms with Gasteiger partial charge in [0.15, 0.2) is 0 Å². The predicted octanol–water partition coefficient (Wildman–Crippen LogP) is 16.4. The molecule has 11 aromatic carbocycles. The first kappa shape index (κ1) is 34.5. The van der Waals surface area contributed by atoms with Crippen LogP contribution in [0.5, 0.6) is 0 Å². The second-order valence-electron chi connectivity index (χ2n) is 15.3. The highest BCUT2D eigenvalue weighted by Crippen LogP contribution is 2.43. The van der Waals surface area contributed by atoms with Crippen LogP contribution in [0.15, 0.2) is 237 Å². The molecule has 0 bridgehead atoms. The van der Waals surface area contributed by atoms with Crippen LogP contribution in [0.1, 0.15) is 0 Å². The summed E-state index contributed by atoms with van der Waals surface area (Å²) in [4.78, 5) is 2.38. The summed E-state index contributed by atoms with van der Waals surface area (Å²) >= 11 is 0. The van der Waals surface area contributed by atoms with E-state index in [1.165, 1.54) is 87.6 Å². The molecule has 0 radical (unpaired) electrons. The van der Waals surface area contributed by atoms with Crippen LogP contribution in [0.25, 0.3) is 87.6 Å². The Morgan fingerprint density at radius 3 is 1.25 bits per heavy atom. The SMILES string of the molecule is c1ccc(-c2cccc(N(c3ccc(-c4ccccc4-c4cc5ccccc5c5ccccc45)cc3)c3ccc(-c4cc5ccccc5c5ccccc45)cc3)c2)cc1. The Morgan fingerprint density at radius 2 is 0.644 bits per heavy atom. The van der Waals surface area contributed by atoms with Gasteiger partial charge < -0.3 is 4.90 Å². The molecule has 0 unspecified atom stereocenters. The van der Waals surface area contributed by atoms with E-state index in [0.717, 1.165) is 17.1 Å². The van der Waals surface area contributed by atoms with Crippen LogP contribution in [0.4, 0.5) is 17.1 Å². The van der Waals surface area contributed by atoms with Crippen molar-refractivity contribution in [2.75, 3.05) is 4.90 Å². The molecule has 0 aliphatic heterocycles. The van der Waals surface area contributed by atoms with Gasteiger partial charge in [-0.2, -0.15) is 0 Å². The summed E-state index contributed by atoms with van der Waals surface area (Å²) < 4.78 is 0. The molecule has 0 aliphatic carbocycles. The highest BCUT2D eigenvalue weighted by atomic mass is 15.1. The Kier molecular flexibility index (Phi) is 8.56. The highest BCUT2D eigenvalue weighted by Gasteiger charge is 2.17. The van der Waals surface area contributed by atoms with E-state index in [1.807, 2.05) is 0 Å². The molecule has 11 aromatic rings. The summed E-state index contributed by atoms with van der Waals surface area (Å²) in [6.07, 6.45) is 0. The second-order valence-corrected chi connectivity index (χ2v) is 15.3. The van der Waals surface area contributed by atoms with Gasteiger partial charge in [0.2, 0.25) is 0 Å². The van der Waals surface area contributed by atoms with Crippen LogP contribution in [-0.4, -0.2) is 0 Å². The number of nitrogens with zero attached hydrogens (tertiary/aromatic N) is 1. The van der Waals surface area contributed by atoms with Crippen molar-refractivity contribution in [1.29, 1.82) is 0 Å². The molecule has 0 fully saturated rings. The minimum Gasteiger partial charge on any atom is -0.310 e. The molecule has 0 heterocycles. The number of fused-ring (bicyclic) bond motifs is 6. The average molecular weight is 750 g/mol. The summed E-state index contributed by atoms with van der Waals surface area (Å²) in [5.74, 6) is 0. The Balaban J connectivity index is 1.02. The zero-order valence-corrected chi connectivity index (χ0v) is 32.5. The molecule has 276 valence electrons. The van der Waals surface area contributed by atoms with Crippen LogP contribution in [0.2, 0.25) is 0 Å². The molecule has 1 heteroatoms. The van der Waals surface area contributed by atoms with Gasteiger partial charge in [-0.05, 0) is 136 Å².